The molecule has 0 saturated carbocycles. The van der Waals surface area contributed by atoms with Crippen molar-refractivity contribution in [1.82, 2.24) is 10.2 Å². The average Bonchev–Trinajstić information content (AvgIpc) is 2.49. The lowest BCUT2D eigenvalue weighted by Gasteiger charge is -2.35. The predicted octanol–water partition coefficient (Wildman–Crippen LogP) is 3.22. The number of nitrogens with zero attached hydrogens (tertiary/aromatic N) is 1. The molecule has 0 bridgehead atoms. The number of benzene rings is 1. The Morgan fingerprint density at radius 1 is 1.24 bits per heavy atom. The lowest BCUT2D eigenvalue weighted by Crippen LogP contribution is -2.45. The van der Waals surface area contributed by atoms with Crippen LogP contribution in [0, 0.1) is 11.7 Å². The molecule has 0 amide bonds. The fraction of sp³-hybridized carbons (Fsp3) is 0.647. The van der Waals surface area contributed by atoms with Crippen LogP contribution in [-0.4, -0.2) is 38.2 Å². The minimum absolute atomic E-state index is 0.288. The van der Waals surface area contributed by atoms with Crippen molar-refractivity contribution in [2.75, 3.05) is 33.3 Å². The molecule has 0 spiro atoms. The van der Waals surface area contributed by atoms with Gasteiger partial charge >= 0.3 is 0 Å². The van der Waals surface area contributed by atoms with Gasteiger partial charge < -0.3 is 10.1 Å². The topological polar surface area (TPSA) is 24.5 Å². The molecule has 1 aromatic rings. The van der Waals surface area contributed by atoms with Crippen LogP contribution in [0.4, 0.5) is 4.39 Å². The van der Waals surface area contributed by atoms with E-state index < -0.39 is 0 Å². The number of hydrogen-bond acceptors (Lipinski definition) is 3. The number of rotatable bonds is 6. The van der Waals surface area contributed by atoms with Gasteiger partial charge in [0.15, 0.2) is 11.6 Å². The van der Waals surface area contributed by atoms with Gasteiger partial charge in [-0.25, -0.2) is 4.39 Å². The molecule has 2 rings (SSSR count). The number of nitrogens with one attached hydrogen (secondary N) is 1. The fourth-order valence-corrected chi connectivity index (χ4v) is 2.93. The van der Waals surface area contributed by atoms with E-state index in [0.29, 0.717) is 17.7 Å². The van der Waals surface area contributed by atoms with Gasteiger partial charge in [0.25, 0.3) is 0 Å². The van der Waals surface area contributed by atoms with E-state index >= 15 is 0 Å². The van der Waals surface area contributed by atoms with Gasteiger partial charge in [-0.15, -0.1) is 0 Å². The summed E-state index contributed by atoms with van der Waals surface area (Å²) in [7, 11) is 1.52. The molecule has 118 valence electrons. The van der Waals surface area contributed by atoms with Crippen LogP contribution < -0.4 is 10.1 Å². The van der Waals surface area contributed by atoms with E-state index in [1.807, 2.05) is 12.1 Å². The highest BCUT2D eigenvalue weighted by atomic mass is 19.1. The molecular formula is C17H27FN2O. The summed E-state index contributed by atoms with van der Waals surface area (Å²) >= 11 is 0. The zero-order valence-electron chi connectivity index (χ0n) is 13.4. The number of piperazine rings is 1. The van der Waals surface area contributed by atoms with Gasteiger partial charge in [0, 0.05) is 32.2 Å². The van der Waals surface area contributed by atoms with E-state index in [9.17, 15) is 4.39 Å². The third kappa shape index (κ3) is 4.42. The second-order valence-corrected chi connectivity index (χ2v) is 6.17. The standard InChI is InChI=1S/C17H27FN2O/c1-13(2)4-7-16(20-10-8-19-9-11-20)14-5-6-15(18)17(12-14)21-3/h5-6,12-13,16,19H,4,7-11H2,1-3H3/t16-/m0/s1. The molecule has 1 fully saturated rings. The second-order valence-electron chi connectivity index (χ2n) is 6.17. The van der Waals surface area contributed by atoms with Gasteiger partial charge in [0.2, 0.25) is 0 Å². The predicted molar refractivity (Wildman–Crippen MR) is 84.2 cm³/mol. The Balaban J connectivity index is 2.20. The number of ether oxygens (including phenoxy) is 1. The molecule has 0 radical (unpaired) electrons. The van der Waals surface area contributed by atoms with Crippen LogP contribution in [0.15, 0.2) is 18.2 Å². The van der Waals surface area contributed by atoms with Gasteiger partial charge in [0.1, 0.15) is 0 Å². The van der Waals surface area contributed by atoms with Gasteiger partial charge in [0.05, 0.1) is 7.11 Å². The summed E-state index contributed by atoms with van der Waals surface area (Å²) < 4.78 is 18.8. The van der Waals surface area contributed by atoms with E-state index in [2.05, 4.69) is 24.1 Å². The Bertz CT molecular complexity index is 444. The highest BCUT2D eigenvalue weighted by Gasteiger charge is 2.23. The van der Waals surface area contributed by atoms with Crippen LogP contribution >= 0.6 is 0 Å². The minimum atomic E-state index is -0.288. The summed E-state index contributed by atoms with van der Waals surface area (Å²) in [5, 5.41) is 3.39. The third-order valence-corrected chi connectivity index (χ3v) is 4.17. The normalized spacial score (nSPS) is 18.0. The maximum absolute atomic E-state index is 13.6. The summed E-state index contributed by atoms with van der Waals surface area (Å²) in [5.41, 5.74) is 1.16. The molecule has 21 heavy (non-hydrogen) atoms. The summed E-state index contributed by atoms with van der Waals surface area (Å²) in [6, 6.07) is 5.65. The van der Waals surface area contributed by atoms with Gasteiger partial charge in [-0.2, -0.15) is 0 Å². The average molecular weight is 294 g/mol. The van der Waals surface area contributed by atoms with E-state index in [4.69, 9.17) is 4.74 Å². The van der Waals surface area contributed by atoms with Gasteiger partial charge in [-0.3, -0.25) is 4.90 Å². The van der Waals surface area contributed by atoms with Crippen molar-refractivity contribution >= 4 is 0 Å². The zero-order chi connectivity index (χ0) is 15.2. The van der Waals surface area contributed by atoms with Crippen LogP contribution in [0.25, 0.3) is 0 Å². The Morgan fingerprint density at radius 2 is 1.95 bits per heavy atom. The molecule has 0 aliphatic carbocycles. The monoisotopic (exact) mass is 294 g/mol. The van der Waals surface area contributed by atoms with Crippen LogP contribution in [0.3, 0.4) is 0 Å². The maximum Gasteiger partial charge on any atom is 0.165 e. The molecule has 1 heterocycles. The lowest BCUT2D eigenvalue weighted by atomic mass is 9.95. The Kier molecular flexibility index (Phi) is 6.00. The third-order valence-electron chi connectivity index (χ3n) is 4.17. The van der Waals surface area contributed by atoms with Crippen molar-refractivity contribution in [1.29, 1.82) is 0 Å². The van der Waals surface area contributed by atoms with Crippen molar-refractivity contribution in [2.45, 2.75) is 32.7 Å². The van der Waals surface area contributed by atoms with E-state index in [-0.39, 0.29) is 5.82 Å². The highest BCUT2D eigenvalue weighted by molar-refractivity contribution is 5.32. The van der Waals surface area contributed by atoms with Crippen LogP contribution in [-0.2, 0) is 0 Å². The molecular weight excluding hydrogens is 267 g/mol. The molecule has 0 unspecified atom stereocenters. The van der Waals surface area contributed by atoms with Crippen LogP contribution in [0.2, 0.25) is 0 Å². The van der Waals surface area contributed by atoms with Gasteiger partial charge in [-0.05, 0) is 36.5 Å². The van der Waals surface area contributed by atoms with Crippen molar-refractivity contribution in [3.8, 4) is 5.75 Å². The fourth-order valence-electron chi connectivity index (χ4n) is 2.93. The van der Waals surface area contributed by atoms with Crippen molar-refractivity contribution in [2.24, 2.45) is 5.92 Å². The Hall–Kier alpha value is -1.13. The smallest absolute Gasteiger partial charge is 0.165 e. The number of hydrogen-bond donors (Lipinski definition) is 1. The summed E-state index contributed by atoms with van der Waals surface area (Å²) in [5.74, 6) is 0.735. The first-order chi connectivity index (χ1) is 10.1. The zero-order valence-corrected chi connectivity index (χ0v) is 13.4. The molecule has 1 aliphatic rings. The molecule has 1 aromatic carbocycles. The number of methoxy groups -OCH3 is 1. The molecule has 1 N–H and O–H groups in total. The van der Waals surface area contributed by atoms with Gasteiger partial charge in [-0.1, -0.05) is 19.9 Å². The van der Waals surface area contributed by atoms with Crippen molar-refractivity contribution in [3.05, 3.63) is 29.6 Å². The molecule has 4 heteroatoms. The number of halogens is 1. The minimum Gasteiger partial charge on any atom is -0.494 e. The summed E-state index contributed by atoms with van der Waals surface area (Å²) in [4.78, 5) is 2.51. The quantitative estimate of drug-likeness (QED) is 0.872. The van der Waals surface area contributed by atoms with E-state index in [1.54, 1.807) is 0 Å². The first-order valence-electron chi connectivity index (χ1n) is 7.90. The van der Waals surface area contributed by atoms with E-state index in [0.717, 1.165) is 38.2 Å². The second kappa shape index (κ2) is 7.76. The van der Waals surface area contributed by atoms with Crippen molar-refractivity contribution in [3.63, 3.8) is 0 Å². The summed E-state index contributed by atoms with van der Waals surface area (Å²) in [6.07, 6.45) is 2.28. The molecule has 1 saturated heterocycles. The Morgan fingerprint density at radius 3 is 2.57 bits per heavy atom. The first-order valence-corrected chi connectivity index (χ1v) is 7.90. The summed E-state index contributed by atoms with van der Waals surface area (Å²) in [6.45, 7) is 8.64. The Labute approximate surface area is 127 Å². The lowest BCUT2D eigenvalue weighted by molar-refractivity contribution is 0.159. The maximum atomic E-state index is 13.6. The molecule has 1 atom stereocenters. The van der Waals surface area contributed by atoms with Crippen LogP contribution in [0.5, 0.6) is 5.75 Å². The molecule has 1 aliphatic heterocycles. The largest absolute Gasteiger partial charge is 0.494 e. The van der Waals surface area contributed by atoms with E-state index in [1.165, 1.54) is 19.6 Å². The van der Waals surface area contributed by atoms with Crippen molar-refractivity contribution < 1.29 is 9.13 Å². The SMILES string of the molecule is COc1cc([C@H](CCC(C)C)N2CCNCC2)ccc1F. The van der Waals surface area contributed by atoms with Crippen LogP contribution in [0.1, 0.15) is 38.3 Å². The molecule has 3 nitrogen and oxygen atoms in total. The molecule has 0 aromatic heterocycles. The first kappa shape index (κ1) is 16.2. The highest BCUT2D eigenvalue weighted by Crippen LogP contribution is 2.31.